The zero-order chi connectivity index (χ0) is 25.0. The Bertz CT molecular complexity index is 1280. The number of urea groups is 1. The van der Waals surface area contributed by atoms with E-state index in [0.717, 1.165) is 22.3 Å². The Kier molecular flexibility index (Phi) is 7.25. The number of carbonyl (C=O) groups excluding carboxylic acids is 1. The molecule has 0 aliphatic heterocycles. The SMILES string of the molecule is COc1ccc(-c2c(C)cccc2C)cc1[C@H](CC(=O)O)NC(=O)Nc1c(O)ccn(C)c1=O. The number of aryl methyl sites for hydroxylation is 3. The first-order chi connectivity index (χ1) is 16.1. The van der Waals surface area contributed by atoms with E-state index in [-0.39, 0.29) is 5.69 Å². The molecule has 178 valence electrons. The van der Waals surface area contributed by atoms with Crippen LogP contribution < -0.4 is 20.9 Å². The number of methoxy groups -OCH3 is 1. The largest absolute Gasteiger partial charge is 0.505 e. The molecule has 1 heterocycles. The van der Waals surface area contributed by atoms with Gasteiger partial charge in [-0.05, 0) is 54.3 Å². The van der Waals surface area contributed by atoms with E-state index in [4.69, 9.17) is 4.74 Å². The second-order valence-corrected chi connectivity index (χ2v) is 7.96. The van der Waals surface area contributed by atoms with Gasteiger partial charge in [-0.25, -0.2) is 4.79 Å². The number of anilines is 1. The van der Waals surface area contributed by atoms with Gasteiger partial charge in [-0.15, -0.1) is 0 Å². The van der Waals surface area contributed by atoms with Gasteiger partial charge in [0.2, 0.25) is 0 Å². The van der Waals surface area contributed by atoms with E-state index in [9.17, 15) is 24.6 Å². The molecule has 0 unspecified atom stereocenters. The Morgan fingerprint density at radius 2 is 1.79 bits per heavy atom. The summed E-state index contributed by atoms with van der Waals surface area (Å²) in [6, 6.07) is 10.8. The number of carboxylic acids is 1. The molecule has 34 heavy (non-hydrogen) atoms. The van der Waals surface area contributed by atoms with Crippen molar-refractivity contribution >= 4 is 17.7 Å². The number of nitrogens with one attached hydrogen (secondary N) is 2. The van der Waals surface area contributed by atoms with Crippen molar-refractivity contribution < 1.29 is 24.5 Å². The summed E-state index contributed by atoms with van der Waals surface area (Å²) in [5, 5.41) is 24.4. The molecule has 9 heteroatoms. The zero-order valence-corrected chi connectivity index (χ0v) is 19.4. The third kappa shape index (κ3) is 5.20. The maximum absolute atomic E-state index is 12.7. The topological polar surface area (TPSA) is 130 Å². The molecule has 0 spiro atoms. The molecule has 0 aliphatic carbocycles. The van der Waals surface area contributed by atoms with Crippen LogP contribution in [0.5, 0.6) is 11.5 Å². The van der Waals surface area contributed by atoms with E-state index in [2.05, 4.69) is 10.6 Å². The van der Waals surface area contributed by atoms with E-state index in [1.54, 1.807) is 12.1 Å². The second kappa shape index (κ2) is 10.1. The molecule has 0 bridgehead atoms. The average molecular weight is 466 g/mol. The minimum atomic E-state index is -1.14. The molecule has 2 amide bonds. The maximum atomic E-state index is 12.7. The number of amides is 2. The van der Waals surface area contributed by atoms with Gasteiger partial charge in [-0.1, -0.05) is 24.3 Å². The first kappa shape index (κ1) is 24.4. The summed E-state index contributed by atoms with van der Waals surface area (Å²) in [5.74, 6) is -1.13. The van der Waals surface area contributed by atoms with Crippen LogP contribution in [0, 0.1) is 13.8 Å². The minimum absolute atomic E-state index is 0.312. The second-order valence-electron chi connectivity index (χ2n) is 7.96. The summed E-state index contributed by atoms with van der Waals surface area (Å²) in [6.07, 6.45) is 0.927. The third-order valence-corrected chi connectivity index (χ3v) is 5.54. The summed E-state index contributed by atoms with van der Waals surface area (Å²) in [5.41, 5.74) is 3.48. The lowest BCUT2D eigenvalue weighted by Gasteiger charge is -2.22. The lowest BCUT2D eigenvalue weighted by atomic mass is 9.92. The van der Waals surface area contributed by atoms with Crippen LogP contribution in [0.2, 0.25) is 0 Å². The van der Waals surface area contributed by atoms with Crippen LogP contribution in [0.3, 0.4) is 0 Å². The van der Waals surface area contributed by atoms with Crippen LogP contribution in [0.4, 0.5) is 10.5 Å². The highest BCUT2D eigenvalue weighted by molar-refractivity contribution is 5.91. The smallest absolute Gasteiger partial charge is 0.319 e. The van der Waals surface area contributed by atoms with Crippen molar-refractivity contribution in [2.24, 2.45) is 7.05 Å². The average Bonchev–Trinajstić information content (AvgIpc) is 2.78. The fraction of sp³-hybridized carbons (Fsp3) is 0.240. The van der Waals surface area contributed by atoms with Gasteiger partial charge in [0.1, 0.15) is 11.5 Å². The number of pyridine rings is 1. The fourth-order valence-corrected chi connectivity index (χ4v) is 3.89. The van der Waals surface area contributed by atoms with Gasteiger partial charge in [0, 0.05) is 18.8 Å². The van der Waals surface area contributed by atoms with E-state index >= 15 is 0 Å². The molecule has 0 aliphatic rings. The molecule has 2 aromatic carbocycles. The van der Waals surface area contributed by atoms with Crippen LogP contribution in [-0.2, 0) is 11.8 Å². The Morgan fingerprint density at radius 1 is 1.12 bits per heavy atom. The highest BCUT2D eigenvalue weighted by Gasteiger charge is 2.24. The first-order valence-electron chi connectivity index (χ1n) is 10.5. The highest BCUT2D eigenvalue weighted by Crippen LogP contribution is 2.35. The number of benzene rings is 2. The van der Waals surface area contributed by atoms with Crippen molar-refractivity contribution in [3.8, 4) is 22.6 Å². The van der Waals surface area contributed by atoms with Gasteiger partial charge in [0.05, 0.1) is 19.6 Å². The molecule has 4 N–H and O–H groups in total. The van der Waals surface area contributed by atoms with Gasteiger partial charge in [-0.2, -0.15) is 0 Å². The van der Waals surface area contributed by atoms with E-state index in [1.807, 2.05) is 38.1 Å². The van der Waals surface area contributed by atoms with E-state index in [0.29, 0.717) is 11.3 Å². The molecule has 3 rings (SSSR count). The molecule has 0 saturated carbocycles. The zero-order valence-electron chi connectivity index (χ0n) is 19.4. The number of aromatic nitrogens is 1. The summed E-state index contributed by atoms with van der Waals surface area (Å²) in [4.78, 5) is 36.6. The minimum Gasteiger partial charge on any atom is -0.505 e. The number of hydrogen-bond acceptors (Lipinski definition) is 5. The lowest BCUT2D eigenvalue weighted by molar-refractivity contribution is -0.137. The lowest BCUT2D eigenvalue weighted by Crippen LogP contribution is -2.36. The van der Waals surface area contributed by atoms with Gasteiger partial charge >= 0.3 is 12.0 Å². The number of ether oxygens (including phenoxy) is 1. The van der Waals surface area contributed by atoms with Gasteiger partial charge < -0.3 is 30.2 Å². The molecule has 3 aromatic rings. The number of aromatic hydroxyl groups is 1. The highest BCUT2D eigenvalue weighted by atomic mass is 16.5. The summed E-state index contributed by atoms with van der Waals surface area (Å²) < 4.78 is 6.65. The number of aliphatic carboxylic acids is 1. The molecule has 0 radical (unpaired) electrons. The molecule has 1 aromatic heterocycles. The number of hydrogen-bond donors (Lipinski definition) is 4. The number of carboxylic acid groups (broad SMARTS) is 1. The predicted molar refractivity (Wildman–Crippen MR) is 128 cm³/mol. The summed E-state index contributed by atoms with van der Waals surface area (Å²) in [6.45, 7) is 3.97. The van der Waals surface area contributed by atoms with E-state index in [1.165, 1.54) is 31.0 Å². The normalized spacial score (nSPS) is 11.5. The van der Waals surface area contributed by atoms with E-state index < -0.39 is 35.8 Å². The van der Waals surface area contributed by atoms with Crippen LogP contribution in [0.25, 0.3) is 11.1 Å². The van der Waals surface area contributed by atoms with Crippen molar-refractivity contribution in [2.75, 3.05) is 12.4 Å². The maximum Gasteiger partial charge on any atom is 0.319 e. The third-order valence-electron chi connectivity index (χ3n) is 5.54. The Labute approximate surface area is 196 Å². The predicted octanol–water partition coefficient (Wildman–Crippen LogP) is 3.72. The molecular weight excluding hydrogens is 438 g/mol. The number of rotatable bonds is 7. The molecule has 0 fully saturated rings. The first-order valence-corrected chi connectivity index (χ1v) is 10.5. The fourth-order valence-electron chi connectivity index (χ4n) is 3.89. The van der Waals surface area contributed by atoms with Crippen LogP contribution in [0.15, 0.2) is 53.5 Å². The van der Waals surface area contributed by atoms with Crippen molar-refractivity contribution in [3.05, 3.63) is 75.7 Å². The van der Waals surface area contributed by atoms with Gasteiger partial charge in [0.25, 0.3) is 5.56 Å². The molecule has 9 nitrogen and oxygen atoms in total. The monoisotopic (exact) mass is 465 g/mol. The summed E-state index contributed by atoms with van der Waals surface area (Å²) in [7, 11) is 2.93. The molecule has 1 atom stereocenters. The van der Waals surface area contributed by atoms with Crippen molar-refractivity contribution in [2.45, 2.75) is 26.3 Å². The molecular formula is C25H27N3O6. The van der Waals surface area contributed by atoms with Gasteiger partial charge in [-0.3, -0.25) is 9.59 Å². The van der Waals surface area contributed by atoms with Crippen LogP contribution in [-0.4, -0.2) is 33.9 Å². The number of nitrogens with zero attached hydrogens (tertiary/aromatic N) is 1. The van der Waals surface area contributed by atoms with Crippen LogP contribution >= 0.6 is 0 Å². The Morgan fingerprint density at radius 3 is 2.41 bits per heavy atom. The Balaban J connectivity index is 2.01. The van der Waals surface area contributed by atoms with Crippen molar-refractivity contribution in [3.63, 3.8) is 0 Å². The Hall–Kier alpha value is -4.27. The van der Waals surface area contributed by atoms with Crippen molar-refractivity contribution in [1.82, 2.24) is 9.88 Å². The molecule has 0 saturated heterocycles. The van der Waals surface area contributed by atoms with Crippen molar-refractivity contribution in [1.29, 1.82) is 0 Å². The van der Waals surface area contributed by atoms with Gasteiger partial charge in [0.15, 0.2) is 5.69 Å². The standard InChI is InChI=1S/C25H27N3O6/c1-14-6-5-7-15(2)22(14)16-8-9-20(34-4)17(12-16)18(13-21(30)31)26-25(33)27-23-19(29)10-11-28(3)24(23)32/h5-12,18,29H,13H2,1-4H3,(H,30,31)(H2,26,27,33)/t18-/m0/s1. The van der Waals surface area contributed by atoms with Crippen LogP contribution in [0.1, 0.15) is 29.2 Å². The number of carbonyl (C=O) groups is 2. The quantitative estimate of drug-likeness (QED) is 0.421. The summed E-state index contributed by atoms with van der Waals surface area (Å²) >= 11 is 0.